The van der Waals surface area contributed by atoms with E-state index < -0.39 is 10.8 Å². The van der Waals surface area contributed by atoms with Crippen molar-refractivity contribution in [1.82, 2.24) is 10.9 Å². The number of hydrogen-bond donors (Lipinski definition) is 2. The third-order valence-electron chi connectivity index (χ3n) is 3.33. The molecule has 0 aliphatic rings. The lowest BCUT2D eigenvalue weighted by Crippen LogP contribution is -2.44. The molecule has 2 aromatic carbocycles. The average molecular weight is 359 g/mol. The fraction of sp³-hybridized carbons (Fsp3) is 0.176. The van der Waals surface area contributed by atoms with E-state index >= 15 is 0 Å². The number of nitrogens with zero attached hydrogens (tertiary/aromatic N) is 1. The second-order valence-corrected chi connectivity index (χ2v) is 6.52. The second kappa shape index (κ2) is 8.84. The number of hydrogen-bond acceptors (Lipinski definition) is 5. The van der Waals surface area contributed by atoms with Crippen LogP contribution < -0.4 is 10.9 Å². The Morgan fingerprint density at radius 1 is 1.12 bits per heavy atom. The van der Waals surface area contributed by atoms with Crippen molar-refractivity contribution in [1.29, 1.82) is 0 Å². The smallest absolute Gasteiger partial charge is 0.270 e. The summed E-state index contributed by atoms with van der Waals surface area (Å²) in [4.78, 5) is 34.1. The molecule has 2 rings (SSSR count). The average Bonchev–Trinajstić information content (AvgIpc) is 2.64. The van der Waals surface area contributed by atoms with Gasteiger partial charge in [0.25, 0.3) is 17.5 Å². The number of benzene rings is 2. The van der Waals surface area contributed by atoms with Crippen molar-refractivity contribution in [3.8, 4) is 0 Å². The Bertz CT molecular complexity index is 767. The summed E-state index contributed by atoms with van der Waals surface area (Å²) in [5.41, 5.74) is 5.62. The molecule has 2 amide bonds. The van der Waals surface area contributed by atoms with Crippen LogP contribution in [0.5, 0.6) is 0 Å². The van der Waals surface area contributed by atoms with E-state index in [1.807, 2.05) is 30.3 Å². The molecule has 130 valence electrons. The fourth-order valence-corrected chi connectivity index (χ4v) is 2.77. The van der Waals surface area contributed by atoms with Crippen LogP contribution in [0.2, 0.25) is 0 Å². The summed E-state index contributed by atoms with van der Waals surface area (Å²) in [5.74, 6) is -0.286. The first-order chi connectivity index (χ1) is 12.0. The van der Waals surface area contributed by atoms with Crippen molar-refractivity contribution in [3.05, 3.63) is 75.8 Å². The molecule has 25 heavy (non-hydrogen) atoms. The number of hydrazine groups is 1. The van der Waals surface area contributed by atoms with Gasteiger partial charge >= 0.3 is 0 Å². The van der Waals surface area contributed by atoms with Crippen LogP contribution in [0.15, 0.2) is 54.6 Å². The van der Waals surface area contributed by atoms with Crippen LogP contribution in [-0.4, -0.2) is 22.0 Å². The molecule has 0 bridgehead atoms. The number of nitro groups is 1. The topological polar surface area (TPSA) is 101 Å². The molecule has 0 spiro atoms. The maximum atomic E-state index is 12.0. The number of nitro benzene ring substituents is 1. The van der Waals surface area contributed by atoms with Gasteiger partial charge in [-0.1, -0.05) is 36.4 Å². The maximum absolute atomic E-state index is 12.0. The Labute approximate surface area is 148 Å². The van der Waals surface area contributed by atoms with E-state index in [4.69, 9.17) is 0 Å². The highest BCUT2D eigenvalue weighted by Gasteiger charge is 2.16. The van der Waals surface area contributed by atoms with Crippen molar-refractivity contribution >= 4 is 29.3 Å². The van der Waals surface area contributed by atoms with Gasteiger partial charge in [-0.15, -0.1) is 11.8 Å². The summed E-state index contributed by atoms with van der Waals surface area (Å²) in [6.07, 6.45) is 0. The highest BCUT2D eigenvalue weighted by molar-refractivity contribution is 7.99. The fourth-order valence-electron chi connectivity index (χ4n) is 1.92. The number of carbonyl (C=O) groups is 2. The number of non-ortho nitro benzene ring substituents is 1. The molecule has 0 aromatic heterocycles. The van der Waals surface area contributed by atoms with Crippen LogP contribution in [-0.2, 0) is 10.5 Å². The van der Waals surface area contributed by atoms with E-state index in [-0.39, 0.29) is 22.4 Å². The minimum absolute atomic E-state index is 0.0964. The minimum Gasteiger partial charge on any atom is -0.272 e. The zero-order valence-electron chi connectivity index (χ0n) is 13.5. The number of rotatable bonds is 6. The summed E-state index contributed by atoms with van der Waals surface area (Å²) in [6.45, 7) is 1.74. The molecule has 0 aliphatic carbocycles. The molecule has 8 heteroatoms. The highest BCUT2D eigenvalue weighted by Crippen LogP contribution is 2.17. The number of amides is 2. The van der Waals surface area contributed by atoms with Crippen LogP contribution in [0.3, 0.4) is 0 Å². The van der Waals surface area contributed by atoms with Gasteiger partial charge in [0.1, 0.15) is 0 Å². The van der Waals surface area contributed by atoms with E-state index in [2.05, 4.69) is 10.9 Å². The quantitative estimate of drug-likeness (QED) is 0.610. The van der Waals surface area contributed by atoms with Gasteiger partial charge in [0.05, 0.1) is 10.2 Å². The molecule has 0 fully saturated rings. The number of nitrogens with one attached hydrogen (secondary N) is 2. The Hall–Kier alpha value is -2.87. The molecule has 1 atom stereocenters. The summed E-state index contributed by atoms with van der Waals surface area (Å²) in [5, 5.41) is 10.4. The summed E-state index contributed by atoms with van der Waals surface area (Å²) in [7, 11) is 0. The lowest BCUT2D eigenvalue weighted by molar-refractivity contribution is -0.384. The van der Waals surface area contributed by atoms with Gasteiger partial charge in [0.15, 0.2) is 0 Å². The maximum Gasteiger partial charge on any atom is 0.270 e. The second-order valence-electron chi connectivity index (χ2n) is 5.19. The van der Waals surface area contributed by atoms with Crippen molar-refractivity contribution in [3.63, 3.8) is 0 Å². The first-order valence-corrected chi connectivity index (χ1v) is 8.52. The lowest BCUT2D eigenvalue weighted by atomic mass is 10.2. The van der Waals surface area contributed by atoms with Gasteiger partial charge in [-0.25, -0.2) is 0 Å². The van der Waals surface area contributed by atoms with Crippen LogP contribution in [0, 0.1) is 10.1 Å². The molecule has 7 nitrogen and oxygen atoms in total. The van der Waals surface area contributed by atoms with E-state index in [9.17, 15) is 19.7 Å². The summed E-state index contributed by atoms with van der Waals surface area (Å²) >= 11 is 1.44. The van der Waals surface area contributed by atoms with Gasteiger partial charge in [-0.3, -0.25) is 30.6 Å². The molecule has 0 saturated carbocycles. The summed E-state index contributed by atoms with van der Waals surface area (Å²) < 4.78 is 0. The predicted molar refractivity (Wildman–Crippen MR) is 95.9 cm³/mol. The third-order valence-corrected chi connectivity index (χ3v) is 4.54. The van der Waals surface area contributed by atoms with E-state index in [0.29, 0.717) is 5.75 Å². The Balaban J connectivity index is 1.83. The molecule has 0 saturated heterocycles. The van der Waals surface area contributed by atoms with Crippen LogP contribution in [0.1, 0.15) is 22.8 Å². The predicted octanol–water partition coefficient (Wildman–Crippen LogP) is 2.68. The molecular weight excluding hydrogens is 342 g/mol. The first kappa shape index (κ1) is 18.5. The van der Waals surface area contributed by atoms with E-state index in [1.54, 1.807) is 6.92 Å². The van der Waals surface area contributed by atoms with E-state index in [1.165, 1.54) is 30.0 Å². The van der Waals surface area contributed by atoms with Crippen molar-refractivity contribution in [2.45, 2.75) is 17.9 Å². The molecule has 2 aromatic rings. The van der Waals surface area contributed by atoms with Crippen LogP contribution in [0.4, 0.5) is 5.69 Å². The first-order valence-electron chi connectivity index (χ1n) is 7.47. The zero-order valence-corrected chi connectivity index (χ0v) is 14.3. The van der Waals surface area contributed by atoms with Crippen molar-refractivity contribution in [2.24, 2.45) is 0 Å². The minimum atomic E-state index is -0.614. The number of carbonyl (C=O) groups excluding carboxylic acids is 2. The number of thioether (sulfide) groups is 1. The molecule has 0 heterocycles. The highest BCUT2D eigenvalue weighted by atomic mass is 32.2. The lowest BCUT2D eigenvalue weighted by Gasteiger charge is -2.12. The van der Waals surface area contributed by atoms with Gasteiger partial charge in [0, 0.05) is 23.4 Å². The monoisotopic (exact) mass is 359 g/mol. The third kappa shape index (κ3) is 5.61. The largest absolute Gasteiger partial charge is 0.272 e. The van der Waals surface area contributed by atoms with Crippen molar-refractivity contribution in [2.75, 3.05) is 0 Å². The normalized spacial score (nSPS) is 11.4. The Kier molecular flexibility index (Phi) is 6.53. The molecular formula is C17H17N3O4S. The van der Waals surface area contributed by atoms with Gasteiger partial charge < -0.3 is 0 Å². The summed E-state index contributed by atoms with van der Waals surface area (Å²) in [6, 6.07) is 15.0. The van der Waals surface area contributed by atoms with E-state index in [0.717, 1.165) is 11.6 Å². The molecule has 1 unspecified atom stereocenters. The van der Waals surface area contributed by atoms with Gasteiger partial charge in [-0.05, 0) is 18.6 Å². The standard InChI is InChI=1S/C17H17N3O4S/c1-12(25-11-13-6-3-2-4-7-13)16(21)18-19-17(22)14-8-5-9-15(10-14)20(23)24/h2-10,12H,11H2,1H3,(H,18,21)(H,19,22). The van der Waals surface area contributed by atoms with Gasteiger partial charge in [0.2, 0.25) is 0 Å². The van der Waals surface area contributed by atoms with Crippen LogP contribution in [0.25, 0.3) is 0 Å². The molecule has 0 aliphatic heterocycles. The van der Waals surface area contributed by atoms with Crippen molar-refractivity contribution < 1.29 is 14.5 Å². The Morgan fingerprint density at radius 2 is 1.84 bits per heavy atom. The van der Waals surface area contributed by atoms with Gasteiger partial charge in [-0.2, -0.15) is 0 Å². The molecule has 2 N–H and O–H groups in total. The Morgan fingerprint density at radius 3 is 2.52 bits per heavy atom. The SMILES string of the molecule is CC(SCc1ccccc1)C(=O)NNC(=O)c1cccc([N+](=O)[O-])c1. The molecule has 0 radical (unpaired) electrons. The van der Waals surface area contributed by atoms with Crippen LogP contribution >= 0.6 is 11.8 Å². The zero-order chi connectivity index (χ0) is 18.2.